The molecule has 78 valence electrons. The van der Waals surface area contributed by atoms with E-state index < -0.39 is 0 Å². The van der Waals surface area contributed by atoms with Gasteiger partial charge in [-0.25, -0.2) is 9.67 Å². The van der Waals surface area contributed by atoms with Gasteiger partial charge in [0, 0.05) is 5.88 Å². The molecule has 1 atom stereocenters. The van der Waals surface area contributed by atoms with E-state index in [1.807, 2.05) is 12.1 Å². The predicted molar refractivity (Wildman–Crippen MR) is 57.0 cm³/mol. The van der Waals surface area contributed by atoms with Gasteiger partial charge in [-0.1, -0.05) is 12.1 Å². The molecule has 5 heteroatoms. The molecular weight excluding hydrogens is 214 g/mol. The first-order chi connectivity index (χ1) is 7.31. The number of benzene rings is 1. The molecule has 0 fully saturated rings. The molecule has 1 aromatic carbocycles. The van der Waals surface area contributed by atoms with Crippen molar-refractivity contribution in [1.82, 2.24) is 14.8 Å². The summed E-state index contributed by atoms with van der Waals surface area (Å²) in [5.74, 6) is 0.652. The lowest BCUT2D eigenvalue weighted by molar-refractivity contribution is 0.474. The van der Waals surface area contributed by atoms with Gasteiger partial charge in [0.1, 0.15) is 18.4 Å². The van der Waals surface area contributed by atoms with Crippen LogP contribution in [0.25, 0.3) is 0 Å². The van der Waals surface area contributed by atoms with E-state index in [0.29, 0.717) is 5.88 Å². The molecule has 4 nitrogen and oxygen atoms in total. The van der Waals surface area contributed by atoms with Crippen molar-refractivity contribution in [2.75, 3.05) is 5.88 Å². The highest BCUT2D eigenvalue weighted by molar-refractivity contribution is 6.18. The molecule has 0 spiro atoms. The van der Waals surface area contributed by atoms with Crippen LogP contribution in [-0.4, -0.2) is 25.8 Å². The van der Waals surface area contributed by atoms with Gasteiger partial charge in [-0.3, -0.25) is 0 Å². The molecule has 1 N–H and O–H groups in total. The summed E-state index contributed by atoms with van der Waals surface area (Å²) in [5.41, 5.74) is 0.994. The van der Waals surface area contributed by atoms with Gasteiger partial charge in [0.15, 0.2) is 0 Å². The summed E-state index contributed by atoms with van der Waals surface area (Å²) in [6.45, 7) is 0. The average Bonchev–Trinajstić information content (AvgIpc) is 2.75. The normalized spacial score (nSPS) is 12.6. The van der Waals surface area contributed by atoms with Crippen LogP contribution in [0.3, 0.4) is 0 Å². The van der Waals surface area contributed by atoms with E-state index in [-0.39, 0.29) is 11.8 Å². The number of phenols is 1. The lowest BCUT2D eigenvalue weighted by Gasteiger charge is -2.14. The van der Waals surface area contributed by atoms with Crippen molar-refractivity contribution >= 4 is 11.6 Å². The minimum Gasteiger partial charge on any atom is -0.508 e. The van der Waals surface area contributed by atoms with E-state index in [4.69, 9.17) is 11.6 Å². The molecule has 1 aromatic heterocycles. The van der Waals surface area contributed by atoms with Crippen LogP contribution in [0.1, 0.15) is 11.6 Å². The molecule has 0 unspecified atom stereocenters. The van der Waals surface area contributed by atoms with Gasteiger partial charge in [-0.2, -0.15) is 5.10 Å². The first kappa shape index (κ1) is 9.98. The number of nitrogens with zero attached hydrogens (tertiary/aromatic N) is 3. The Balaban J connectivity index is 2.31. The second-order valence-electron chi connectivity index (χ2n) is 3.14. The summed E-state index contributed by atoms with van der Waals surface area (Å²) in [6, 6.07) is 6.86. The SMILES string of the molecule is Oc1ccc([C@@H](CCl)n2cncn2)cc1. The molecule has 0 saturated heterocycles. The van der Waals surface area contributed by atoms with Crippen molar-refractivity contribution in [3.63, 3.8) is 0 Å². The van der Waals surface area contributed by atoms with Gasteiger partial charge in [0.25, 0.3) is 0 Å². The van der Waals surface area contributed by atoms with Gasteiger partial charge in [0.2, 0.25) is 0 Å². The number of alkyl halides is 1. The summed E-state index contributed by atoms with van der Waals surface area (Å²) in [6.07, 6.45) is 3.10. The number of rotatable bonds is 3. The zero-order chi connectivity index (χ0) is 10.7. The molecule has 0 radical (unpaired) electrons. The summed E-state index contributed by atoms with van der Waals surface area (Å²) in [7, 11) is 0. The second kappa shape index (κ2) is 4.31. The van der Waals surface area contributed by atoms with Gasteiger partial charge in [-0.15, -0.1) is 11.6 Å². The molecule has 0 aliphatic rings. The second-order valence-corrected chi connectivity index (χ2v) is 3.45. The lowest BCUT2D eigenvalue weighted by Crippen LogP contribution is -2.12. The highest BCUT2D eigenvalue weighted by Crippen LogP contribution is 2.20. The first-order valence-corrected chi connectivity index (χ1v) is 5.03. The third-order valence-corrected chi connectivity index (χ3v) is 2.47. The monoisotopic (exact) mass is 223 g/mol. The average molecular weight is 224 g/mol. The molecule has 0 amide bonds. The number of halogens is 1. The van der Waals surface area contributed by atoms with E-state index in [2.05, 4.69) is 10.1 Å². The van der Waals surface area contributed by atoms with E-state index in [1.54, 1.807) is 23.1 Å². The largest absolute Gasteiger partial charge is 0.508 e. The third kappa shape index (κ3) is 2.10. The van der Waals surface area contributed by atoms with Crippen molar-refractivity contribution in [1.29, 1.82) is 0 Å². The van der Waals surface area contributed by atoms with E-state index >= 15 is 0 Å². The Labute approximate surface area is 92.1 Å². The Bertz CT molecular complexity index is 413. The topological polar surface area (TPSA) is 50.9 Å². The Morgan fingerprint density at radius 2 is 2.07 bits per heavy atom. The van der Waals surface area contributed by atoms with Gasteiger partial charge in [-0.05, 0) is 17.7 Å². The van der Waals surface area contributed by atoms with Crippen LogP contribution in [0.2, 0.25) is 0 Å². The molecule has 1 heterocycles. The minimum absolute atomic E-state index is 0.0465. The quantitative estimate of drug-likeness (QED) is 0.808. The Hall–Kier alpha value is -1.55. The molecule has 0 bridgehead atoms. The first-order valence-electron chi connectivity index (χ1n) is 4.50. The number of aromatic hydroxyl groups is 1. The molecule has 2 aromatic rings. The van der Waals surface area contributed by atoms with Crippen molar-refractivity contribution in [2.24, 2.45) is 0 Å². The number of hydrogen-bond acceptors (Lipinski definition) is 3. The van der Waals surface area contributed by atoms with Crippen molar-refractivity contribution in [3.8, 4) is 5.75 Å². The highest BCUT2D eigenvalue weighted by Gasteiger charge is 2.12. The molecule has 2 rings (SSSR count). The van der Waals surface area contributed by atoms with E-state index in [0.717, 1.165) is 5.56 Å². The fraction of sp³-hybridized carbons (Fsp3) is 0.200. The summed E-state index contributed by atoms with van der Waals surface area (Å²) < 4.78 is 1.69. The smallest absolute Gasteiger partial charge is 0.137 e. The van der Waals surface area contributed by atoms with Crippen LogP contribution < -0.4 is 0 Å². The lowest BCUT2D eigenvalue weighted by atomic mass is 10.1. The van der Waals surface area contributed by atoms with Crippen LogP contribution in [0.4, 0.5) is 0 Å². The Morgan fingerprint density at radius 1 is 1.33 bits per heavy atom. The summed E-state index contributed by atoms with van der Waals surface area (Å²) in [5, 5.41) is 13.2. The van der Waals surface area contributed by atoms with E-state index in [1.165, 1.54) is 6.33 Å². The Morgan fingerprint density at radius 3 is 2.60 bits per heavy atom. The number of hydrogen-bond donors (Lipinski definition) is 1. The minimum atomic E-state index is -0.0465. The number of aromatic nitrogens is 3. The van der Waals surface area contributed by atoms with Crippen LogP contribution in [0.5, 0.6) is 5.75 Å². The fourth-order valence-corrected chi connectivity index (χ4v) is 1.71. The molecular formula is C10H10ClN3O. The zero-order valence-corrected chi connectivity index (χ0v) is 8.67. The molecule has 0 saturated carbocycles. The van der Waals surface area contributed by atoms with E-state index in [9.17, 15) is 5.11 Å². The molecule has 15 heavy (non-hydrogen) atoms. The Kier molecular flexibility index (Phi) is 2.87. The predicted octanol–water partition coefficient (Wildman–Crippen LogP) is 1.81. The zero-order valence-electron chi connectivity index (χ0n) is 7.92. The standard InChI is InChI=1S/C10H10ClN3O/c11-5-10(14-7-12-6-13-14)8-1-3-9(15)4-2-8/h1-4,6-7,10,15H,5H2/t10-/m1/s1. The third-order valence-electron chi connectivity index (χ3n) is 2.18. The van der Waals surface area contributed by atoms with Crippen LogP contribution in [0, 0.1) is 0 Å². The summed E-state index contributed by atoms with van der Waals surface area (Å²) >= 11 is 5.88. The molecule has 0 aliphatic heterocycles. The van der Waals surface area contributed by atoms with Crippen LogP contribution in [0.15, 0.2) is 36.9 Å². The maximum absolute atomic E-state index is 9.17. The van der Waals surface area contributed by atoms with Crippen molar-refractivity contribution in [3.05, 3.63) is 42.5 Å². The maximum Gasteiger partial charge on any atom is 0.137 e. The number of phenolic OH excluding ortho intramolecular Hbond substituents is 1. The fourth-order valence-electron chi connectivity index (χ4n) is 1.39. The van der Waals surface area contributed by atoms with Crippen molar-refractivity contribution < 1.29 is 5.11 Å². The van der Waals surface area contributed by atoms with Gasteiger partial charge < -0.3 is 5.11 Å². The van der Waals surface area contributed by atoms with Crippen LogP contribution >= 0.6 is 11.6 Å². The molecule has 0 aliphatic carbocycles. The summed E-state index contributed by atoms with van der Waals surface area (Å²) in [4.78, 5) is 3.88. The van der Waals surface area contributed by atoms with Gasteiger partial charge in [0.05, 0.1) is 6.04 Å². The van der Waals surface area contributed by atoms with Gasteiger partial charge >= 0.3 is 0 Å². The highest BCUT2D eigenvalue weighted by atomic mass is 35.5. The maximum atomic E-state index is 9.17. The van der Waals surface area contributed by atoms with Crippen molar-refractivity contribution in [2.45, 2.75) is 6.04 Å². The van der Waals surface area contributed by atoms with Crippen LogP contribution in [-0.2, 0) is 0 Å².